The summed E-state index contributed by atoms with van der Waals surface area (Å²) >= 11 is 0. The van der Waals surface area contributed by atoms with Gasteiger partial charge in [-0.25, -0.2) is 17.6 Å². The lowest BCUT2D eigenvalue weighted by molar-refractivity contribution is -0.174. The van der Waals surface area contributed by atoms with Crippen LogP contribution >= 0.6 is 0 Å². The summed E-state index contributed by atoms with van der Waals surface area (Å²) in [6.45, 7) is 1.59. The minimum atomic E-state index is -5.32. The van der Waals surface area contributed by atoms with E-state index in [0.29, 0.717) is 0 Å². The Labute approximate surface area is 126 Å². The Kier molecular flexibility index (Phi) is 3.93. The van der Waals surface area contributed by atoms with Crippen LogP contribution in [0.15, 0.2) is 11.7 Å². The van der Waals surface area contributed by atoms with E-state index in [1.807, 2.05) is 0 Å². The first-order valence-corrected chi connectivity index (χ1v) is 6.68. The van der Waals surface area contributed by atoms with Crippen molar-refractivity contribution in [1.82, 2.24) is 0 Å². The first-order valence-electron chi connectivity index (χ1n) is 6.68. The molecule has 0 aliphatic heterocycles. The second-order valence-corrected chi connectivity index (χ2v) is 5.09. The maximum absolute atomic E-state index is 14.7. The van der Waals surface area contributed by atoms with E-state index in [0.717, 1.165) is 0 Å². The molecule has 10 heteroatoms. The van der Waals surface area contributed by atoms with Gasteiger partial charge in [0.1, 0.15) is 11.8 Å². The number of ether oxygens (including phenoxy) is 2. The molecule has 0 N–H and O–H groups in total. The summed E-state index contributed by atoms with van der Waals surface area (Å²) in [6, 6.07) is 0. The minimum Gasteiger partial charge on any atom is -0.466 e. The summed E-state index contributed by atoms with van der Waals surface area (Å²) in [5.41, 5.74) is -9.31. The second kappa shape index (κ2) is 5.13. The van der Waals surface area contributed by atoms with Gasteiger partial charge >= 0.3 is 17.9 Å². The van der Waals surface area contributed by atoms with Gasteiger partial charge in [0.2, 0.25) is 11.3 Å². The molecule has 1 saturated carbocycles. The van der Waals surface area contributed by atoms with Crippen molar-refractivity contribution >= 4 is 11.9 Å². The molecule has 0 aromatic heterocycles. The molecule has 2 aliphatic carbocycles. The number of alkyl halides is 4. The van der Waals surface area contributed by atoms with Gasteiger partial charge in [-0.05, 0) is 13.8 Å². The molecule has 0 spiro atoms. The van der Waals surface area contributed by atoms with Crippen molar-refractivity contribution in [3.05, 3.63) is 11.7 Å². The lowest BCUT2D eigenvalue weighted by Crippen LogP contribution is -2.49. The van der Waals surface area contributed by atoms with Crippen molar-refractivity contribution in [3.8, 4) is 0 Å². The Bertz CT molecular complexity index is 543. The predicted molar refractivity (Wildman–Crippen MR) is 62.1 cm³/mol. The number of hydrogen-bond acceptors (Lipinski definition) is 4. The zero-order valence-corrected chi connectivity index (χ0v) is 12.0. The number of esters is 2. The van der Waals surface area contributed by atoms with Gasteiger partial charge < -0.3 is 9.47 Å². The molecule has 0 aromatic rings. The number of carbonyl (C=O) groups excluding carboxylic acids is 2. The SMILES string of the molecule is CCOC(=O)[C@@H]1[C@H](C(=O)OCC)C2(F)C(F)=C(F)C1(F)C2(F)F. The minimum absolute atomic E-state index is 0.431. The molecule has 4 nitrogen and oxygen atoms in total. The van der Waals surface area contributed by atoms with Crippen molar-refractivity contribution in [2.75, 3.05) is 13.2 Å². The van der Waals surface area contributed by atoms with Gasteiger partial charge in [0.05, 0.1) is 13.2 Å². The third-order valence-corrected chi connectivity index (χ3v) is 4.02. The zero-order valence-electron chi connectivity index (χ0n) is 12.0. The Morgan fingerprint density at radius 2 is 1.17 bits per heavy atom. The second-order valence-electron chi connectivity index (χ2n) is 5.09. The standard InChI is InChI=1S/C13H12F6O4/c1-3-22-9(20)5-6(10(21)23-4-2)12(17)8(15)7(14)11(5,16)13(12,18)19/h5-6H,3-4H2,1-2H3/t5-,6+,11?,12?. The normalized spacial score (nSPS) is 37.9. The molecule has 2 aliphatic rings. The van der Waals surface area contributed by atoms with E-state index in [2.05, 4.69) is 9.47 Å². The van der Waals surface area contributed by atoms with Crippen LogP contribution in [0.1, 0.15) is 13.8 Å². The van der Waals surface area contributed by atoms with Crippen LogP contribution in [0.5, 0.6) is 0 Å². The molecule has 130 valence electrons. The molecule has 23 heavy (non-hydrogen) atoms. The van der Waals surface area contributed by atoms with Crippen LogP contribution in [-0.2, 0) is 19.1 Å². The number of fused-ring (bicyclic) bond motifs is 2. The molecule has 0 aromatic carbocycles. The molecule has 0 heterocycles. The van der Waals surface area contributed by atoms with E-state index < -0.39 is 65.9 Å². The third-order valence-electron chi connectivity index (χ3n) is 4.02. The number of rotatable bonds is 4. The molecule has 0 radical (unpaired) electrons. The summed E-state index contributed by atoms with van der Waals surface area (Å²) in [5.74, 6) is -20.2. The van der Waals surface area contributed by atoms with E-state index in [1.54, 1.807) is 0 Å². The van der Waals surface area contributed by atoms with Crippen molar-refractivity contribution in [2.45, 2.75) is 31.1 Å². The fourth-order valence-electron chi connectivity index (χ4n) is 3.04. The van der Waals surface area contributed by atoms with E-state index in [4.69, 9.17) is 0 Å². The van der Waals surface area contributed by atoms with Gasteiger partial charge in [0.25, 0.3) is 0 Å². The van der Waals surface area contributed by atoms with Gasteiger partial charge in [-0.15, -0.1) is 0 Å². The van der Waals surface area contributed by atoms with Crippen molar-refractivity contribution in [1.29, 1.82) is 0 Å². The third kappa shape index (κ3) is 1.74. The molecule has 2 unspecified atom stereocenters. The van der Waals surface area contributed by atoms with E-state index in [9.17, 15) is 35.9 Å². The number of carbonyl (C=O) groups is 2. The van der Waals surface area contributed by atoms with Crippen LogP contribution < -0.4 is 0 Å². The Balaban J connectivity index is 2.69. The quantitative estimate of drug-likeness (QED) is 0.580. The largest absolute Gasteiger partial charge is 0.466 e. The van der Waals surface area contributed by atoms with Gasteiger partial charge in [-0.2, -0.15) is 8.78 Å². The molecular formula is C13H12F6O4. The highest BCUT2D eigenvalue weighted by Crippen LogP contribution is 2.72. The summed E-state index contributed by atoms with van der Waals surface area (Å²) < 4.78 is 93.5. The van der Waals surface area contributed by atoms with E-state index in [1.165, 1.54) is 13.8 Å². The first-order chi connectivity index (χ1) is 10.5. The zero-order chi connectivity index (χ0) is 17.8. The van der Waals surface area contributed by atoms with Crippen LogP contribution in [0.25, 0.3) is 0 Å². The first kappa shape index (κ1) is 17.6. The highest BCUT2D eigenvalue weighted by molar-refractivity contribution is 5.89. The van der Waals surface area contributed by atoms with Crippen LogP contribution in [-0.4, -0.2) is 42.4 Å². The Morgan fingerprint density at radius 1 is 0.870 bits per heavy atom. The van der Waals surface area contributed by atoms with Gasteiger partial charge in [0.15, 0.2) is 11.7 Å². The fraction of sp³-hybridized carbons (Fsp3) is 0.692. The van der Waals surface area contributed by atoms with E-state index in [-0.39, 0.29) is 0 Å². The summed E-state index contributed by atoms with van der Waals surface area (Å²) in [7, 11) is 0. The van der Waals surface area contributed by atoms with Crippen LogP contribution in [0.2, 0.25) is 0 Å². The Hall–Kier alpha value is -1.74. The Morgan fingerprint density at radius 3 is 1.43 bits per heavy atom. The number of allylic oxidation sites excluding steroid dienone is 2. The monoisotopic (exact) mass is 346 g/mol. The fourth-order valence-corrected chi connectivity index (χ4v) is 3.04. The maximum Gasteiger partial charge on any atom is 0.329 e. The molecule has 0 amide bonds. The van der Waals surface area contributed by atoms with Crippen LogP contribution in [0, 0.1) is 11.8 Å². The molecule has 1 fully saturated rings. The van der Waals surface area contributed by atoms with Crippen molar-refractivity contribution in [3.63, 3.8) is 0 Å². The summed E-state index contributed by atoms with van der Waals surface area (Å²) in [6.07, 6.45) is 0. The molecule has 2 rings (SSSR count). The van der Waals surface area contributed by atoms with Crippen molar-refractivity contribution < 1.29 is 45.4 Å². The molecule has 4 atom stereocenters. The van der Waals surface area contributed by atoms with E-state index >= 15 is 0 Å². The highest BCUT2D eigenvalue weighted by Gasteiger charge is 2.93. The molecule has 2 bridgehead atoms. The predicted octanol–water partition coefficient (Wildman–Crippen LogP) is 2.57. The van der Waals surface area contributed by atoms with Crippen molar-refractivity contribution in [2.24, 2.45) is 11.8 Å². The molecular weight excluding hydrogens is 334 g/mol. The van der Waals surface area contributed by atoms with Crippen LogP contribution in [0.3, 0.4) is 0 Å². The number of halogens is 6. The average molecular weight is 346 g/mol. The maximum atomic E-state index is 14.7. The smallest absolute Gasteiger partial charge is 0.329 e. The topological polar surface area (TPSA) is 52.6 Å². The summed E-state index contributed by atoms with van der Waals surface area (Å²) in [4.78, 5) is 23.5. The van der Waals surface area contributed by atoms with Gasteiger partial charge in [-0.1, -0.05) is 0 Å². The lowest BCUT2D eigenvalue weighted by atomic mass is 9.79. The molecule has 0 saturated heterocycles. The highest BCUT2D eigenvalue weighted by atomic mass is 19.3. The van der Waals surface area contributed by atoms with Gasteiger partial charge in [0, 0.05) is 0 Å². The lowest BCUT2D eigenvalue weighted by Gasteiger charge is -2.29. The van der Waals surface area contributed by atoms with Gasteiger partial charge in [-0.3, -0.25) is 9.59 Å². The summed E-state index contributed by atoms with van der Waals surface area (Å²) in [5, 5.41) is 0. The number of hydrogen-bond donors (Lipinski definition) is 0. The average Bonchev–Trinajstić information content (AvgIpc) is 2.67. The van der Waals surface area contributed by atoms with Crippen LogP contribution in [0.4, 0.5) is 26.3 Å².